The maximum absolute atomic E-state index is 6.03. The highest BCUT2D eigenvalue weighted by Crippen LogP contribution is 2.32. The molecule has 96 valence electrons. The monoisotopic (exact) mass is 236 g/mol. The van der Waals surface area contributed by atoms with Gasteiger partial charge in [0.15, 0.2) is 0 Å². The van der Waals surface area contributed by atoms with Gasteiger partial charge in [0.1, 0.15) is 0 Å². The number of hydrogen-bond acceptors (Lipinski definition) is 3. The highest BCUT2D eigenvalue weighted by atomic mass is 15.3. The summed E-state index contributed by atoms with van der Waals surface area (Å²) in [6, 6.07) is 2.09. The molecule has 0 radical (unpaired) electrons. The molecule has 1 aliphatic rings. The van der Waals surface area contributed by atoms with Crippen LogP contribution < -0.4 is 5.73 Å². The van der Waals surface area contributed by atoms with E-state index < -0.39 is 0 Å². The minimum Gasteiger partial charge on any atom is -0.329 e. The molecule has 2 rings (SSSR count). The maximum Gasteiger partial charge on any atom is 0.0764 e. The molecule has 1 aromatic heterocycles. The first-order chi connectivity index (χ1) is 8.16. The third-order valence-electron chi connectivity index (χ3n) is 4.14. The topological polar surface area (TPSA) is 47.1 Å². The van der Waals surface area contributed by atoms with Crippen molar-refractivity contribution in [3.8, 4) is 0 Å². The SMILES string of the molecule is CN(Cc1ccn(C)n1)C1(CN)CCCCC1. The van der Waals surface area contributed by atoms with Gasteiger partial charge in [0.25, 0.3) is 0 Å². The van der Waals surface area contributed by atoms with Crippen LogP contribution in [0.2, 0.25) is 0 Å². The predicted molar refractivity (Wildman–Crippen MR) is 69.5 cm³/mol. The lowest BCUT2D eigenvalue weighted by Gasteiger charge is -2.43. The standard InChI is InChI=1S/C13H24N4/c1-16(10-12-6-9-17(2)15-12)13(11-14)7-4-3-5-8-13/h6,9H,3-5,7-8,10-11,14H2,1-2H3. The van der Waals surface area contributed by atoms with Crippen LogP contribution in [-0.4, -0.2) is 33.8 Å². The number of aryl methyl sites for hydroxylation is 1. The second kappa shape index (κ2) is 5.19. The average Bonchev–Trinajstić information content (AvgIpc) is 2.75. The molecular weight excluding hydrogens is 212 g/mol. The van der Waals surface area contributed by atoms with E-state index in [1.165, 1.54) is 32.1 Å². The fourth-order valence-corrected chi connectivity index (χ4v) is 2.91. The number of nitrogens with two attached hydrogens (primary N) is 1. The molecule has 1 saturated carbocycles. The highest BCUT2D eigenvalue weighted by molar-refractivity contribution is 5.01. The van der Waals surface area contributed by atoms with Crippen LogP contribution in [0.5, 0.6) is 0 Å². The largest absolute Gasteiger partial charge is 0.329 e. The second-order valence-corrected chi connectivity index (χ2v) is 5.33. The summed E-state index contributed by atoms with van der Waals surface area (Å²) in [7, 11) is 4.15. The maximum atomic E-state index is 6.03. The Morgan fingerprint density at radius 1 is 1.41 bits per heavy atom. The zero-order valence-corrected chi connectivity index (χ0v) is 11.0. The summed E-state index contributed by atoms with van der Waals surface area (Å²) in [4.78, 5) is 2.41. The number of nitrogens with zero attached hydrogens (tertiary/aromatic N) is 3. The van der Waals surface area contributed by atoms with Crippen LogP contribution in [0.25, 0.3) is 0 Å². The summed E-state index contributed by atoms with van der Waals surface area (Å²) in [6.07, 6.45) is 8.44. The molecule has 0 unspecified atom stereocenters. The van der Waals surface area contributed by atoms with Crippen molar-refractivity contribution in [1.82, 2.24) is 14.7 Å². The first-order valence-corrected chi connectivity index (χ1v) is 6.56. The Labute approximate surface area is 104 Å². The third-order valence-corrected chi connectivity index (χ3v) is 4.14. The molecule has 4 nitrogen and oxygen atoms in total. The molecular formula is C13H24N4. The summed E-state index contributed by atoms with van der Waals surface area (Å²) in [5.74, 6) is 0. The normalized spacial score (nSPS) is 19.8. The van der Waals surface area contributed by atoms with E-state index in [-0.39, 0.29) is 5.54 Å². The molecule has 0 spiro atoms. The van der Waals surface area contributed by atoms with Crippen molar-refractivity contribution >= 4 is 0 Å². The second-order valence-electron chi connectivity index (χ2n) is 5.33. The molecule has 0 saturated heterocycles. The van der Waals surface area contributed by atoms with E-state index in [4.69, 9.17) is 5.73 Å². The zero-order valence-electron chi connectivity index (χ0n) is 11.0. The Morgan fingerprint density at radius 3 is 2.65 bits per heavy atom. The lowest BCUT2D eigenvalue weighted by Crippen LogP contribution is -2.52. The van der Waals surface area contributed by atoms with E-state index in [1.54, 1.807) is 0 Å². The van der Waals surface area contributed by atoms with Crippen LogP contribution in [0.4, 0.5) is 0 Å². The number of aromatic nitrogens is 2. The minimum atomic E-state index is 0.204. The fraction of sp³-hybridized carbons (Fsp3) is 0.769. The van der Waals surface area contributed by atoms with Gasteiger partial charge in [0, 0.05) is 31.9 Å². The average molecular weight is 236 g/mol. The number of likely N-dealkylation sites (N-methyl/N-ethyl adjacent to an activating group) is 1. The molecule has 0 aromatic carbocycles. The van der Waals surface area contributed by atoms with Crippen molar-refractivity contribution in [3.05, 3.63) is 18.0 Å². The predicted octanol–water partition coefficient (Wildman–Crippen LogP) is 1.51. The smallest absolute Gasteiger partial charge is 0.0764 e. The van der Waals surface area contributed by atoms with Crippen molar-refractivity contribution in [2.75, 3.05) is 13.6 Å². The molecule has 2 N–H and O–H groups in total. The van der Waals surface area contributed by atoms with E-state index >= 15 is 0 Å². The molecule has 1 aliphatic carbocycles. The first kappa shape index (κ1) is 12.6. The summed E-state index contributed by atoms with van der Waals surface area (Å²) < 4.78 is 1.86. The Morgan fingerprint density at radius 2 is 2.12 bits per heavy atom. The molecule has 17 heavy (non-hydrogen) atoms. The van der Waals surface area contributed by atoms with Crippen LogP contribution in [0, 0.1) is 0 Å². The summed E-state index contributed by atoms with van der Waals surface area (Å²) >= 11 is 0. The molecule has 1 heterocycles. The van der Waals surface area contributed by atoms with E-state index in [9.17, 15) is 0 Å². The van der Waals surface area contributed by atoms with Gasteiger partial charge in [-0.05, 0) is 26.0 Å². The van der Waals surface area contributed by atoms with E-state index in [0.717, 1.165) is 18.8 Å². The first-order valence-electron chi connectivity index (χ1n) is 6.56. The van der Waals surface area contributed by atoms with Crippen molar-refractivity contribution in [2.24, 2.45) is 12.8 Å². The zero-order chi connectivity index (χ0) is 12.3. The summed E-state index contributed by atoms with van der Waals surface area (Å²) in [5, 5.41) is 4.45. The van der Waals surface area contributed by atoms with Gasteiger partial charge in [-0.1, -0.05) is 19.3 Å². The van der Waals surface area contributed by atoms with E-state index in [0.29, 0.717) is 0 Å². The molecule has 0 atom stereocenters. The van der Waals surface area contributed by atoms with Crippen LogP contribution in [0.3, 0.4) is 0 Å². The Bertz CT molecular complexity index is 352. The Kier molecular flexibility index (Phi) is 3.84. The molecule has 4 heteroatoms. The van der Waals surface area contributed by atoms with Gasteiger partial charge in [0.05, 0.1) is 5.69 Å². The summed E-state index contributed by atoms with van der Waals surface area (Å²) in [6.45, 7) is 1.66. The van der Waals surface area contributed by atoms with Crippen LogP contribution in [0.1, 0.15) is 37.8 Å². The lowest BCUT2D eigenvalue weighted by atomic mass is 9.80. The van der Waals surface area contributed by atoms with Crippen molar-refractivity contribution < 1.29 is 0 Å². The summed E-state index contributed by atoms with van der Waals surface area (Å²) in [5.41, 5.74) is 7.37. The van der Waals surface area contributed by atoms with Gasteiger partial charge in [-0.2, -0.15) is 5.10 Å². The number of hydrogen-bond donors (Lipinski definition) is 1. The van der Waals surface area contributed by atoms with Gasteiger partial charge in [0.2, 0.25) is 0 Å². The van der Waals surface area contributed by atoms with Crippen LogP contribution in [0.15, 0.2) is 12.3 Å². The molecule has 0 bridgehead atoms. The van der Waals surface area contributed by atoms with Gasteiger partial charge in [-0.25, -0.2) is 0 Å². The molecule has 1 aromatic rings. The van der Waals surface area contributed by atoms with Crippen molar-refractivity contribution in [3.63, 3.8) is 0 Å². The Balaban J connectivity index is 2.04. The molecule has 1 fully saturated rings. The lowest BCUT2D eigenvalue weighted by molar-refractivity contribution is 0.0746. The van der Waals surface area contributed by atoms with Crippen molar-refractivity contribution in [2.45, 2.75) is 44.2 Å². The van der Waals surface area contributed by atoms with E-state index in [2.05, 4.69) is 23.1 Å². The minimum absolute atomic E-state index is 0.204. The van der Waals surface area contributed by atoms with Gasteiger partial charge >= 0.3 is 0 Å². The quantitative estimate of drug-likeness (QED) is 0.862. The number of rotatable bonds is 4. The Hall–Kier alpha value is -0.870. The van der Waals surface area contributed by atoms with Gasteiger partial charge in [-0.3, -0.25) is 9.58 Å². The van der Waals surface area contributed by atoms with Gasteiger partial charge in [-0.15, -0.1) is 0 Å². The highest BCUT2D eigenvalue weighted by Gasteiger charge is 2.34. The molecule has 0 aliphatic heterocycles. The fourth-order valence-electron chi connectivity index (χ4n) is 2.91. The van der Waals surface area contributed by atoms with Crippen LogP contribution in [-0.2, 0) is 13.6 Å². The third kappa shape index (κ3) is 2.69. The van der Waals surface area contributed by atoms with Gasteiger partial charge < -0.3 is 5.73 Å². The van der Waals surface area contributed by atoms with Crippen molar-refractivity contribution in [1.29, 1.82) is 0 Å². The van der Waals surface area contributed by atoms with E-state index in [1.807, 2.05) is 17.9 Å². The molecule has 0 amide bonds. The van der Waals surface area contributed by atoms with Crippen LogP contribution >= 0.6 is 0 Å².